The van der Waals surface area contributed by atoms with Crippen molar-refractivity contribution in [1.29, 1.82) is 5.26 Å². The van der Waals surface area contributed by atoms with Crippen LogP contribution in [0.5, 0.6) is 5.75 Å². The van der Waals surface area contributed by atoms with Crippen LogP contribution in [-0.4, -0.2) is 111 Å². The molecule has 11 nitrogen and oxygen atoms in total. The predicted molar refractivity (Wildman–Crippen MR) is 175 cm³/mol. The van der Waals surface area contributed by atoms with Crippen molar-refractivity contribution in [2.75, 3.05) is 57.3 Å². The number of hydrogen-bond donors (Lipinski definition) is 1. The van der Waals surface area contributed by atoms with Crippen LogP contribution >= 0.6 is 0 Å². The van der Waals surface area contributed by atoms with Crippen LogP contribution < -0.4 is 9.64 Å². The summed E-state index contributed by atoms with van der Waals surface area (Å²) >= 11 is 0. The number of piperidine rings is 2. The van der Waals surface area contributed by atoms with Gasteiger partial charge >= 0.3 is 6.03 Å². The molecular weight excluding hydrogens is 592 g/mol. The Bertz CT molecular complexity index is 1860. The second kappa shape index (κ2) is 11.0. The Morgan fingerprint density at radius 1 is 1.09 bits per heavy atom. The smallest absolute Gasteiger partial charge is 0.320 e. The molecule has 3 aromatic heterocycles. The van der Waals surface area contributed by atoms with Crippen LogP contribution in [0.2, 0.25) is 0 Å². The van der Waals surface area contributed by atoms with Crippen molar-refractivity contribution < 1.29 is 14.6 Å². The Kier molecular flexibility index (Phi) is 6.66. The molecule has 0 spiro atoms. The molecule has 5 atom stereocenters. The van der Waals surface area contributed by atoms with Gasteiger partial charge in [-0.3, -0.25) is 4.90 Å². The molecule has 10 rings (SSSR count). The summed E-state index contributed by atoms with van der Waals surface area (Å²) in [7, 11) is 0. The summed E-state index contributed by atoms with van der Waals surface area (Å²) in [6, 6.07) is 19.4. The molecule has 2 amide bonds. The summed E-state index contributed by atoms with van der Waals surface area (Å²) in [6.45, 7) is 6.04. The average Bonchev–Trinajstić information content (AvgIpc) is 3.51. The van der Waals surface area contributed by atoms with Gasteiger partial charge in [0.05, 0.1) is 41.2 Å². The summed E-state index contributed by atoms with van der Waals surface area (Å²) in [5, 5.41) is 24.6. The number of likely N-dealkylation sites (tertiary alicyclic amines) is 2. The minimum Gasteiger partial charge on any atom is -0.491 e. The highest BCUT2D eigenvalue weighted by Crippen LogP contribution is 2.49. The standard InChI is InChI=1S/C36H38N8O3/c37-15-27-17-39-43-22-31(47-11-10-40-19-28-14-36(28,46)23-40)13-32(34(27)43)25-6-7-33(38-16-25)42-20-29-12-30(21-42)44(29)35(45)41-9-8-26(18-41)24-4-2-1-3-5-24/h1-7,13,16-17,22,26,28-30,46H,8-12,14,18-21,23H2/t26-,28?,29?,30?,36?/m1/s1. The number of anilines is 1. The van der Waals surface area contributed by atoms with Crippen LogP contribution in [0.25, 0.3) is 16.6 Å². The molecular formula is C36H38N8O3. The highest BCUT2D eigenvalue weighted by atomic mass is 16.5. The Hall–Kier alpha value is -4.66. The molecule has 0 radical (unpaired) electrons. The van der Waals surface area contributed by atoms with E-state index in [1.165, 1.54) is 5.56 Å². The van der Waals surface area contributed by atoms with Crippen molar-refractivity contribution in [2.45, 2.75) is 42.9 Å². The minimum atomic E-state index is -0.472. The van der Waals surface area contributed by atoms with E-state index in [2.05, 4.69) is 50.1 Å². The van der Waals surface area contributed by atoms with Crippen LogP contribution in [0.4, 0.5) is 10.6 Å². The van der Waals surface area contributed by atoms with E-state index in [0.717, 1.165) is 81.0 Å². The molecule has 6 aliphatic rings. The monoisotopic (exact) mass is 630 g/mol. The van der Waals surface area contributed by atoms with Gasteiger partial charge in [-0.1, -0.05) is 30.3 Å². The lowest BCUT2D eigenvalue weighted by Gasteiger charge is -2.57. The van der Waals surface area contributed by atoms with Gasteiger partial charge in [0.1, 0.15) is 24.2 Å². The first-order valence-electron chi connectivity index (χ1n) is 16.8. The lowest BCUT2D eigenvalue weighted by molar-refractivity contribution is 0.0213. The molecule has 240 valence electrons. The molecule has 2 bridgehead atoms. The zero-order valence-electron chi connectivity index (χ0n) is 26.3. The highest BCUT2D eigenvalue weighted by Gasteiger charge is 2.58. The number of benzene rings is 1. The zero-order valence-corrected chi connectivity index (χ0v) is 26.3. The Balaban J connectivity index is 0.868. The van der Waals surface area contributed by atoms with Crippen molar-refractivity contribution >= 4 is 17.4 Å². The molecule has 1 aromatic carbocycles. The first-order valence-corrected chi connectivity index (χ1v) is 16.8. The van der Waals surface area contributed by atoms with Gasteiger partial charge in [0, 0.05) is 75.0 Å². The van der Waals surface area contributed by atoms with Crippen LogP contribution in [0.1, 0.15) is 36.3 Å². The number of rotatable bonds is 7. The topological polar surface area (TPSA) is 113 Å². The number of pyridine rings is 2. The first kappa shape index (κ1) is 28.6. The fourth-order valence-electron chi connectivity index (χ4n) is 8.44. The van der Waals surface area contributed by atoms with Crippen molar-refractivity contribution in [1.82, 2.24) is 29.3 Å². The van der Waals surface area contributed by atoms with Gasteiger partial charge in [0.2, 0.25) is 0 Å². The molecule has 47 heavy (non-hydrogen) atoms. The van der Waals surface area contributed by atoms with E-state index in [1.807, 2.05) is 41.6 Å². The number of fused-ring (bicyclic) bond motifs is 4. The molecule has 4 unspecified atom stereocenters. The van der Waals surface area contributed by atoms with Crippen LogP contribution in [0.3, 0.4) is 0 Å². The molecule has 1 saturated carbocycles. The van der Waals surface area contributed by atoms with E-state index in [9.17, 15) is 15.2 Å². The fraction of sp³-hybridized carbons (Fsp3) is 0.444. The van der Waals surface area contributed by atoms with Gasteiger partial charge in [0.15, 0.2) is 0 Å². The second-order valence-electron chi connectivity index (χ2n) is 14.0. The quantitative estimate of drug-likeness (QED) is 0.330. The third-order valence-corrected chi connectivity index (χ3v) is 11.1. The number of carbonyl (C=O) groups excluding carboxylic acids is 1. The molecule has 5 saturated heterocycles. The number of carbonyl (C=O) groups is 1. The molecule has 8 heterocycles. The number of piperazine rings is 1. The second-order valence-corrected chi connectivity index (χ2v) is 14.0. The van der Waals surface area contributed by atoms with Gasteiger partial charge in [0.25, 0.3) is 0 Å². The maximum Gasteiger partial charge on any atom is 0.320 e. The van der Waals surface area contributed by atoms with E-state index in [4.69, 9.17) is 9.72 Å². The lowest BCUT2D eigenvalue weighted by Crippen LogP contribution is -2.72. The normalized spacial score (nSPS) is 27.9. The van der Waals surface area contributed by atoms with E-state index in [1.54, 1.807) is 10.7 Å². The fourth-order valence-corrected chi connectivity index (χ4v) is 8.44. The molecule has 5 aliphatic heterocycles. The summed E-state index contributed by atoms with van der Waals surface area (Å²) in [5.74, 6) is 2.38. The lowest BCUT2D eigenvalue weighted by atomic mass is 9.87. The van der Waals surface area contributed by atoms with E-state index < -0.39 is 5.60 Å². The van der Waals surface area contributed by atoms with Gasteiger partial charge in [-0.05, 0) is 43.0 Å². The SMILES string of the molecule is N#Cc1cnn2cc(OCCN3CC4CC4(O)C3)cc(-c3ccc(N4CC5CC(C4)N5C(=O)N4CC[C@@H](c5ccccc5)C4)nc3)c12. The largest absolute Gasteiger partial charge is 0.491 e. The summed E-state index contributed by atoms with van der Waals surface area (Å²) in [5.41, 5.74) is 3.78. The first-order chi connectivity index (χ1) is 23.0. The maximum atomic E-state index is 13.6. The number of aromatic nitrogens is 3. The Morgan fingerprint density at radius 2 is 1.94 bits per heavy atom. The number of β-amino-alcohol motifs (C(OH)–C–C–N with tert-alkyl or cyclic N) is 1. The summed E-state index contributed by atoms with van der Waals surface area (Å²) in [6.07, 6.45) is 8.23. The maximum absolute atomic E-state index is 13.6. The van der Waals surface area contributed by atoms with Crippen molar-refractivity contribution in [3.05, 3.63) is 78.2 Å². The number of nitrogens with zero attached hydrogens (tertiary/aromatic N) is 8. The molecule has 1 N–H and O–H groups in total. The van der Waals surface area contributed by atoms with Crippen molar-refractivity contribution in [2.24, 2.45) is 5.92 Å². The van der Waals surface area contributed by atoms with Crippen LogP contribution in [0.15, 0.2) is 67.1 Å². The van der Waals surface area contributed by atoms with Crippen LogP contribution in [-0.2, 0) is 0 Å². The molecule has 6 fully saturated rings. The average molecular weight is 631 g/mol. The number of ether oxygens (including phenoxy) is 1. The zero-order chi connectivity index (χ0) is 31.7. The predicted octanol–water partition coefficient (Wildman–Crippen LogP) is 3.59. The van der Waals surface area contributed by atoms with E-state index >= 15 is 0 Å². The third-order valence-electron chi connectivity index (χ3n) is 11.1. The molecule has 4 aromatic rings. The number of aliphatic hydroxyl groups is 1. The van der Waals surface area contributed by atoms with E-state index in [-0.39, 0.29) is 18.1 Å². The number of nitriles is 1. The van der Waals surface area contributed by atoms with Gasteiger partial charge in [-0.2, -0.15) is 10.4 Å². The number of urea groups is 1. The summed E-state index contributed by atoms with van der Waals surface area (Å²) in [4.78, 5) is 27.1. The van der Waals surface area contributed by atoms with Crippen molar-refractivity contribution in [3.63, 3.8) is 0 Å². The van der Waals surface area contributed by atoms with E-state index in [0.29, 0.717) is 36.3 Å². The van der Waals surface area contributed by atoms with Gasteiger partial charge in [-0.15, -0.1) is 0 Å². The van der Waals surface area contributed by atoms with Crippen molar-refractivity contribution in [3.8, 4) is 22.9 Å². The van der Waals surface area contributed by atoms with Gasteiger partial charge in [-0.25, -0.2) is 14.3 Å². The minimum absolute atomic E-state index is 0.183. The Labute approximate surface area is 273 Å². The van der Waals surface area contributed by atoms with Gasteiger partial charge < -0.3 is 24.5 Å². The third kappa shape index (κ3) is 4.98. The Morgan fingerprint density at radius 3 is 2.68 bits per heavy atom. The number of hydrogen-bond acceptors (Lipinski definition) is 8. The number of amides is 2. The highest BCUT2D eigenvalue weighted by molar-refractivity contribution is 5.85. The van der Waals surface area contributed by atoms with Crippen LogP contribution in [0, 0.1) is 17.2 Å². The molecule has 11 heteroatoms. The summed E-state index contributed by atoms with van der Waals surface area (Å²) < 4.78 is 7.87. The molecule has 1 aliphatic carbocycles.